The van der Waals surface area contributed by atoms with Gasteiger partial charge in [0, 0.05) is 14.2 Å². The molecule has 0 aromatic heterocycles. The van der Waals surface area contributed by atoms with Gasteiger partial charge in [-0.25, -0.2) is 0 Å². The maximum absolute atomic E-state index is 10.1. The Hall–Kier alpha value is -1.18. The predicted molar refractivity (Wildman–Crippen MR) is 75.1 cm³/mol. The molecule has 1 heterocycles. The Morgan fingerprint density at radius 1 is 1.10 bits per heavy atom. The highest BCUT2D eigenvalue weighted by atomic mass is 16.7. The molecule has 21 heavy (non-hydrogen) atoms. The summed E-state index contributed by atoms with van der Waals surface area (Å²) in [7, 11) is 4.66. The first-order valence-corrected chi connectivity index (χ1v) is 6.79. The lowest BCUT2D eigenvalue weighted by Crippen LogP contribution is -2.36. The van der Waals surface area contributed by atoms with Crippen molar-refractivity contribution in [2.75, 3.05) is 27.9 Å². The second-order valence-electron chi connectivity index (χ2n) is 4.83. The molecule has 6 heteroatoms. The van der Waals surface area contributed by atoms with E-state index in [1.54, 1.807) is 7.11 Å². The SMILES string of the molecule is COc1ccc(COC[C@H]2O[C@H](OC)[C@H](OC)[C@H]2O)cc1. The number of aliphatic hydroxyl groups excluding tert-OH is 1. The summed E-state index contributed by atoms with van der Waals surface area (Å²) in [4.78, 5) is 0. The Morgan fingerprint density at radius 3 is 2.33 bits per heavy atom. The second kappa shape index (κ2) is 7.72. The molecule has 1 N–H and O–H groups in total. The van der Waals surface area contributed by atoms with Crippen LogP contribution in [0.2, 0.25) is 0 Å². The minimum atomic E-state index is -0.768. The van der Waals surface area contributed by atoms with E-state index in [-0.39, 0.29) is 6.61 Å². The van der Waals surface area contributed by atoms with E-state index in [2.05, 4.69) is 0 Å². The van der Waals surface area contributed by atoms with Gasteiger partial charge in [0.15, 0.2) is 6.29 Å². The molecule has 0 spiro atoms. The van der Waals surface area contributed by atoms with Gasteiger partial charge in [-0.05, 0) is 17.7 Å². The van der Waals surface area contributed by atoms with Gasteiger partial charge in [-0.1, -0.05) is 12.1 Å². The lowest BCUT2D eigenvalue weighted by atomic mass is 10.1. The molecule has 0 unspecified atom stereocenters. The number of methoxy groups -OCH3 is 3. The molecule has 6 nitrogen and oxygen atoms in total. The summed E-state index contributed by atoms with van der Waals surface area (Å²) in [5.74, 6) is 0.805. The molecule has 1 fully saturated rings. The van der Waals surface area contributed by atoms with Gasteiger partial charge in [0.05, 0.1) is 20.3 Å². The van der Waals surface area contributed by atoms with Crippen molar-refractivity contribution in [3.05, 3.63) is 29.8 Å². The molecule has 4 atom stereocenters. The van der Waals surface area contributed by atoms with Crippen LogP contribution in [-0.2, 0) is 25.6 Å². The molecule has 1 aromatic carbocycles. The van der Waals surface area contributed by atoms with Crippen LogP contribution in [0.4, 0.5) is 0 Å². The third-order valence-electron chi connectivity index (χ3n) is 3.51. The number of benzene rings is 1. The standard InChI is InChI=1S/C15H22O6/c1-17-11-6-4-10(5-7-11)8-20-9-12-13(16)14(18-2)15(19-3)21-12/h4-7,12-16H,8-9H2,1-3H3/t12-,13+,14-,15+/m1/s1. The predicted octanol–water partition coefficient (Wildman–Crippen LogP) is 0.959. The quantitative estimate of drug-likeness (QED) is 0.809. The molecule has 1 aliphatic rings. The average Bonchev–Trinajstić information content (AvgIpc) is 2.83. The number of rotatable bonds is 7. The largest absolute Gasteiger partial charge is 0.497 e. The van der Waals surface area contributed by atoms with E-state index in [0.717, 1.165) is 11.3 Å². The highest BCUT2D eigenvalue weighted by Gasteiger charge is 2.44. The molecule has 0 aliphatic carbocycles. The Bertz CT molecular complexity index is 421. The lowest BCUT2D eigenvalue weighted by molar-refractivity contribution is -0.162. The van der Waals surface area contributed by atoms with E-state index in [1.807, 2.05) is 24.3 Å². The fourth-order valence-corrected chi connectivity index (χ4v) is 2.30. The minimum Gasteiger partial charge on any atom is -0.497 e. The molecule has 0 amide bonds. The zero-order valence-electron chi connectivity index (χ0n) is 12.5. The highest BCUT2D eigenvalue weighted by molar-refractivity contribution is 5.26. The zero-order chi connectivity index (χ0) is 15.2. The second-order valence-corrected chi connectivity index (χ2v) is 4.83. The van der Waals surface area contributed by atoms with Crippen LogP contribution in [0.25, 0.3) is 0 Å². The fourth-order valence-electron chi connectivity index (χ4n) is 2.30. The summed E-state index contributed by atoms with van der Waals surface area (Å²) in [6.45, 7) is 0.707. The maximum atomic E-state index is 10.1. The van der Waals surface area contributed by atoms with Crippen molar-refractivity contribution in [2.24, 2.45) is 0 Å². The van der Waals surface area contributed by atoms with Gasteiger partial charge in [0.2, 0.25) is 0 Å². The van der Waals surface area contributed by atoms with E-state index in [4.69, 9.17) is 23.7 Å². The summed E-state index contributed by atoms with van der Waals surface area (Å²) in [6, 6.07) is 7.62. The van der Waals surface area contributed by atoms with Gasteiger partial charge in [0.1, 0.15) is 24.1 Å². The van der Waals surface area contributed by atoms with E-state index in [9.17, 15) is 5.11 Å². The highest BCUT2D eigenvalue weighted by Crippen LogP contribution is 2.24. The Balaban J connectivity index is 1.80. The van der Waals surface area contributed by atoms with Crippen LogP contribution in [0.15, 0.2) is 24.3 Å². The maximum Gasteiger partial charge on any atom is 0.186 e. The number of hydrogen-bond acceptors (Lipinski definition) is 6. The molecule has 0 bridgehead atoms. The van der Waals surface area contributed by atoms with Crippen molar-refractivity contribution < 1.29 is 28.8 Å². The lowest BCUT2D eigenvalue weighted by Gasteiger charge is -2.17. The van der Waals surface area contributed by atoms with Gasteiger partial charge < -0.3 is 28.8 Å². The van der Waals surface area contributed by atoms with Crippen LogP contribution in [-0.4, -0.2) is 57.6 Å². The Morgan fingerprint density at radius 2 is 1.81 bits per heavy atom. The average molecular weight is 298 g/mol. The van der Waals surface area contributed by atoms with Gasteiger partial charge in [0.25, 0.3) is 0 Å². The fraction of sp³-hybridized carbons (Fsp3) is 0.600. The first kappa shape index (κ1) is 16.2. The molecular weight excluding hydrogens is 276 g/mol. The van der Waals surface area contributed by atoms with Gasteiger partial charge in [-0.15, -0.1) is 0 Å². The van der Waals surface area contributed by atoms with E-state index in [1.165, 1.54) is 14.2 Å². The summed E-state index contributed by atoms with van der Waals surface area (Å²) < 4.78 is 26.6. The number of hydrogen-bond donors (Lipinski definition) is 1. The molecular formula is C15H22O6. The van der Waals surface area contributed by atoms with Gasteiger partial charge >= 0.3 is 0 Å². The topological polar surface area (TPSA) is 66.4 Å². The molecule has 2 rings (SSSR count). The van der Waals surface area contributed by atoms with Gasteiger partial charge in [-0.3, -0.25) is 0 Å². The molecule has 1 aliphatic heterocycles. The van der Waals surface area contributed by atoms with Crippen molar-refractivity contribution >= 4 is 0 Å². The Kier molecular flexibility index (Phi) is 5.96. The van der Waals surface area contributed by atoms with Crippen molar-refractivity contribution in [1.29, 1.82) is 0 Å². The number of aliphatic hydroxyl groups is 1. The Labute approximate surface area is 124 Å². The first-order chi connectivity index (χ1) is 10.2. The van der Waals surface area contributed by atoms with Crippen LogP contribution >= 0.6 is 0 Å². The van der Waals surface area contributed by atoms with Crippen LogP contribution in [0.1, 0.15) is 5.56 Å². The van der Waals surface area contributed by atoms with Crippen LogP contribution < -0.4 is 4.74 Å². The minimum absolute atomic E-state index is 0.271. The molecule has 1 saturated heterocycles. The van der Waals surface area contributed by atoms with Crippen molar-refractivity contribution in [2.45, 2.75) is 31.2 Å². The third-order valence-corrected chi connectivity index (χ3v) is 3.51. The van der Waals surface area contributed by atoms with E-state index < -0.39 is 24.6 Å². The summed E-state index contributed by atoms with van der Waals surface area (Å²) in [5.41, 5.74) is 1.02. The molecule has 0 radical (unpaired) electrons. The number of ether oxygens (including phenoxy) is 5. The smallest absolute Gasteiger partial charge is 0.186 e. The van der Waals surface area contributed by atoms with Crippen LogP contribution in [0.3, 0.4) is 0 Å². The van der Waals surface area contributed by atoms with Crippen LogP contribution in [0.5, 0.6) is 5.75 Å². The third kappa shape index (κ3) is 3.93. The summed E-state index contributed by atoms with van der Waals surface area (Å²) in [5, 5.41) is 10.1. The monoisotopic (exact) mass is 298 g/mol. The molecule has 118 valence electrons. The zero-order valence-corrected chi connectivity index (χ0v) is 12.5. The van der Waals surface area contributed by atoms with Gasteiger partial charge in [-0.2, -0.15) is 0 Å². The van der Waals surface area contributed by atoms with Crippen molar-refractivity contribution in [3.8, 4) is 5.75 Å². The van der Waals surface area contributed by atoms with Crippen molar-refractivity contribution in [3.63, 3.8) is 0 Å². The van der Waals surface area contributed by atoms with E-state index >= 15 is 0 Å². The molecule has 1 aromatic rings. The normalized spacial score (nSPS) is 28.8. The summed E-state index contributed by atoms with van der Waals surface area (Å²) in [6.07, 6.45) is -2.29. The summed E-state index contributed by atoms with van der Waals surface area (Å²) >= 11 is 0. The van der Waals surface area contributed by atoms with E-state index in [0.29, 0.717) is 6.61 Å². The van der Waals surface area contributed by atoms with Crippen LogP contribution in [0, 0.1) is 0 Å². The first-order valence-electron chi connectivity index (χ1n) is 6.79. The van der Waals surface area contributed by atoms with Crippen molar-refractivity contribution in [1.82, 2.24) is 0 Å². The molecule has 0 saturated carbocycles.